The molecule has 2 N–H and O–H groups in total. The first kappa shape index (κ1) is 32.3. The lowest BCUT2D eigenvalue weighted by Gasteiger charge is -2.32. The number of amides is 2. The minimum absolute atomic E-state index is 0. The van der Waals surface area contributed by atoms with Crippen molar-refractivity contribution in [1.29, 1.82) is 0 Å². The first-order chi connectivity index (χ1) is 16.8. The second-order valence-corrected chi connectivity index (χ2v) is 9.14. The Morgan fingerprint density at radius 3 is 2.35 bits per heavy atom. The zero-order chi connectivity index (χ0) is 25.4. The zero-order valence-corrected chi connectivity index (χ0v) is 23.8. The van der Waals surface area contributed by atoms with Crippen LogP contribution in [0.1, 0.15) is 41.6 Å². The Morgan fingerprint density at radius 2 is 1.68 bits per heavy atom. The van der Waals surface area contributed by atoms with E-state index in [1.807, 2.05) is 30.0 Å². The van der Waals surface area contributed by atoms with Crippen LogP contribution in [0.3, 0.4) is 0 Å². The summed E-state index contributed by atoms with van der Waals surface area (Å²) in [5.41, 5.74) is 8.60. The highest BCUT2D eigenvalue weighted by atomic mass is 35.5. The number of methoxy groups -OCH3 is 1. The van der Waals surface area contributed by atoms with E-state index in [4.69, 9.17) is 15.2 Å². The number of carbonyl (C=O) groups is 2. The van der Waals surface area contributed by atoms with Gasteiger partial charge in [0.25, 0.3) is 5.91 Å². The van der Waals surface area contributed by atoms with Crippen molar-refractivity contribution < 1.29 is 19.1 Å². The summed E-state index contributed by atoms with van der Waals surface area (Å²) in [4.78, 5) is 31.3. The molecular weight excluding hydrogens is 515 g/mol. The lowest BCUT2D eigenvalue weighted by molar-refractivity contribution is -0.132. The van der Waals surface area contributed by atoms with Crippen LogP contribution in [0.25, 0.3) is 0 Å². The summed E-state index contributed by atoms with van der Waals surface area (Å²) in [5.74, 6) is 1.20. The fourth-order valence-corrected chi connectivity index (χ4v) is 4.11. The number of anilines is 2. The molecule has 1 aliphatic rings. The van der Waals surface area contributed by atoms with E-state index in [1.54, 1.807) is 30.1 Å². The third-order valence-electron chi connectivity index (χ3n) is 6.41. The summed E-state index contributed by atoms with van der Waals surface area (Å²) in [5, 5.41) is 0. The Hall–Kier alpha value is -2.68. The molecule has 2 aromatic rings. The van der Waals surface area contributed by atoms with Crippen molar-refractivity contribution in [3.63, 3.8) is 0 Å². The fraction of sp³-hybridized carbons (Fsp3) is 0.481. The van der Waals surface area contributed by atoms with E-state index in [0.29, 0.717) is 41.5 Å². The molecular formula is C27H40Cl2N4O4. The Kier molecular flexibility index (Phi) is 13.6. The monoisotopic (exact) mass is 554 g/mol. The highest BCUT2D eigenvalue weighted by Crippen LogP contribution is 2.31. The molecule has 206 valence electrons. The van der Waals surface area contributed by atoms with Gasteiger partial charge in [-0.05, 0) is 69.1 Å². The predicted molar refractivity (Wildman–Crippen MR) is 154 cm³/mol. The van der Waals surface area contributed by atoms with Gasteiger partial charge in [0.05, 0.1) is 25.1 Å². The maximum atomic E-state index is 13.1. The van der Waals surface area contributed by atoms with Gasteiger partial charge in [-0.2, -0.15) is 0 Å². The highest BCUT2D eigenvalue weighted by Gasteiger charge is 2.20. The van der Waals surface area contributed by atoms with Crippen LogP contribution in [0.5, 0.6) is 11.5 Å². The van der Waals surface area contributed by atoms with E-state index >= 15 is 0 Å². The second kappa shape index (κ2) is 15.5. The average Bonchev–Trinajstić information content (AvgIpc) is 2.86. The molecule has 0 unspecified atom stereocenters. The number of unbranched alkanes of at least 4 members (excludes halogenated alkanes) is 2. The average molecular weight is 556 g/mol. The van der Waals surface area contributed by atoms with Crippen molar-refractivity contribution in [2.45, 2.75) is 32.6 Å². The number of nitrogens with two attached hydrogens (primary N) is 1. The van der Waals surface area contributed by atoms with Gasteiger partial charge >= 0.3 is 0 Å². The second-order valence-electron chi connectivity index (χ2n) is 9.14. The number of rotatable bonds is 10. The summed E-state index contributed by atoms with van der Waals surface area (Å²) in [6.07, 6.45) is 3.20. The number of aryl methyl sites for hydroxylation is 1. The number of likely N-dealkylation sites (N-methyl/N-ethyl adjacent to an activating group) is 1. The lowest BCUT2D eigenvalue weighted by atomic mass is 10.1. The molecule has 0 aromatic heterocycles. The minimum Gasteiger partial charge on any atom is -0.495 e. The number of hydrogen-bond donors (Lipinski definition) is 1. The molecule has 2 aromatic carbocycles. The first-order valence-corrected chi connectivity index (χ1v) is 12.2. The number of benzene rings is 2. The molecule has 0 atom stereocenters. The predicted octanol–water partition coefficient (Wildman–Crippen LogP) is 4.42. The van der Waals surface area contributed by atoms with E-state index in [-0.39, 0.29) is 36.6 Å². The van der Waals surface area contributed by atoms with Crippen molar-refractivity contribution in [2.24, 2.45) is 0 Å². The molecule has 1 saturated heterocycles. The number of hydrogen-bond acceptors (Lipinski definition) is 6. The fourth-order valence-electron chi connectivity index (χ4n) is 4.11. The Morgan fingerprint density at radius 1 is 0.973 bits per heavy atom. The van der Waals surface area contributed by atoms with Gasteiger partial charge in [-0.3, -0.25) is 9.59 Å². The summed E-state index contributed by atoms with van der Waals surface area (Å²) >= 11 is 0. The van der Waals surface area contributed by atoms with Gasteiger partial charge in [0.1, 0.15) is 11.5 Å². The molecule has 10 heteroatoms. The van der Waals surface area contributed by atoms with E-state index < -0.39 is 0 Å². The number of nitrogen functional groups attached to an aromatic ring is 1. The van der Waals surface area contributed by atoms with Crippen LogP contribution in [-0.2, 0) is 4.79 Å². The number of ether oxygens (including phenoxy) is 2. The van der Waals surface area contributed by atoms with E-state index in [0.717, 1.165) is 51.0 Å². The van der Waals surface area contributed by atoms with Crippen LogP contribution in [0.2, 0.25) is 0 Å². The van der Waals surface area contributed by atoms with Gasteiger partial charge in [0.2, 0.25) is 5.91 Å². The number of carbonyl (C=O) groups excluding carboxylic acids is 2. The van der Waals surface area contributed by atoms with Crippen LogP contribution >= 0.6 is 24.8 Å². The van der Waals surface area contributed by atoms with Crippen molar-refractivity contribution in [3.8, 4) is 11.5 Å². The van der Waals surface area contributed by atoms with Gasteiger partial charge in [-0.1, -0.05) is 6.07 Å². The van der Waals surface area contributed by atoms with E-state index in [2.05, 4.69) is 11.9 Å². The normalized spacial score (nSPS) is 13.2. The van der Waals surface area contributed by atoms with Crippen LogP contribution in [0.4, 0.5) is 11.4 Å². The van der Waals surface area contributed by atoms with Crippen molar-refractivity contribution in [3.05, 3.63) is 47.5 Å². The molecule has 0 spiro atoms. The SMILES string of the molecule is COc1cc(C(=O)N(C)c2ccc(C)cc2OCCCCCC(=O)N2CCN(C)CC2)ccc1N.Cl.Cl. The van der Waals surface area contributed by atoms with Crippen LogP contribution in [-0.4, -0.2) is 75.6 Å². The van der Waals surface area contributed by atoms with Gasteiger partial charge in [-0.25, -0.2) is 0 Å². The smallest absolute Gasteiger partial charge is 0.258 e. The Balaban J connectivity index is 0.00000342. The number of nitrogens with zero attached hydrogens (tertiary/aromatic N) is 3. The summed E-state index contributed by atoms with van der Waals surface area (Å²) in [6, 6.07) is 10.8. The summed E-state index contributed by atoms with van der Waals surface area (Å²) in [6.45, 7) is 6.06. The maximum Gasteiger partial charge on any atom is 0.258 e. The molecule has 8 nitrogen and oxygen atoms in total. The first-order valence-electron chi connectivity index (χ1n) is 12.2. The maximum absolute atomic E-state index is 13.1. The third-order valence-corrected chi connectivity index (χ3v) is 6.41. The summed E-state index contributed by atoms with van der Waals surface area (Å²) < 4.78 is 11.3. The number of piperazine rings is 1. The number of halogens is 2. The quantitative estimate of drug-likeness (QED) is 0.345. The lowest BCUT2D eigenvalue weighted by Crippen LogP contribution is -2.47. The van der Waals surface area contributed by atoms with E-state index in [1.165, 1.54) is 7.11 Å². The van der Waals surface area contributed by atoms with Gasteiger partial charge in [-0.15, -0.1) is 24.8 Å². The van der Waals surface area contributed by atoms with Gasteiger partial charge in [0.15, 0.2) is 0 Å². The molecule has 2 amide bonds. The largest absolute Gasteiger partial charge is 0.495 e. The Labute approximate surface area is 232 Å². The Bertz CT molecular complexity index is 1030. The molecule has 1 fully saturated rings. The molecule has 1 heterocycles. The molecule has 1 aliphatic heterocycles. The molecule has 0 saturated carbocycles. The standard InChI is InChI=1S/C27H38N4O4.2ClH/c1-20-9-12-23(30(3)27(33)21-10-11-22(28)24(19-21)34-4)25(18-20)35-17-7-5-6-8-26(32)31-15-13-29(2)14-16-31;;/h9-12,18-19H,5-8,13-17,28H2,1-4H3;2*1H. The third kappa shape index (κ3) is 8.98. The highest BCUT2D eigenvalue weighted by molar-refractivity contribution is 6.07. The topological polar surface area (TPSA) is 88.3 Å². The molecule has 37 heavy (non-hydrogen) atoms. The zero-order valence-electron chi connectivity index (χ0n) is 22.2. The van der Waals surface area contributed by atoms with Crippen LogP contribution in [0.15, 0.2) is 36.4 Å². The summed E-state index contributed by atoms with van der Waals surface area (Å²) in [7, 11) is 5.34. The van der Waals surface area contributed by atoms with Crippen molar-refractivity contribution in [1.82, 2.24) is 9.80 Å². The molecule has 0 aliphatic carbocycles. The van der Waals surface area contributed by atoms with Crippen molar-refractivity contribution in [2.75, 3.05) is 64.6 Å². The molecule has 0 radical (unpaired) electrons. The van der Waals surface area contributed by atoms with Crippen LogP contribution in [0, 0.1) is 6.92 Å². The molecule has 0 bridgehead atoms. The van der Waals surface area contributed by atoms with Crippen LogP contribution < -0.4 is 20.1 Å². The minimum atomic E-state index is -0.181. The molecule has 3 rings (SSSR count). The van der Waals surface area contributed by atoms with Crippen molar-refractivity contribution >= 4 is 48.0 Å². The van der Waals surface area contributed by atoms with Gasteiger partial charge < -0.3 is 29.9 Å². The van der Waals surface area contributed by atoms with E-state index in [9.17, 15) is 9.59 Å². The van der Waals surface area contributed by atoms with Gasteiger partial charge in [0, 0.05) is 45.2 Å².